The van der Waals surface area contributed by atoms with Crippen LogP contribution >= 0.6 is 0 Å². The fourth-order valence-electron chi connectivity index (χ4n) is 1.02. The molecular weight excluding hydrogens is 206 g/mol. The third-order valence-electron chi connectivity index (χ3n) is 1.61. The molecule has 6 heteroatoms. The molecular formula is C8H17NO4S. The van der Waals surface area contributed by atoms with Crippen molar-refractivity contribution in [3.8, 4) is 0 Å². The second-order valence-corrected chi connectivity index (χ2v) is 5.64. The average Bonchev–Trinajstić information content (AvgIpc) is 1.94. The third kappa shape index (κ3) is 5.93. The number of carbonyl (C=O) groups is 1. The molecule has 0 heterocycles. The second kappa shape index (κ2) is 5.31. The molecule has 0 aromatic carbocycles. The van der Waals surface area contributed by atoms with Crippen molar-refractivity contribution < 1.29 is 18.3 Å². The maximum atomic E-state index is 11.2. The molecule has 0 spiro atoms. The van der Waals surface area contributed by atoms with Crippen molar-refractivity contribution in [2.45, 2.75) is 20.3 Å². The smallest absolute Gasteiger partial charge is 0.304 e. The lowest BCUT2D eigenvalue weighted by Crippen LogP contribution is -2.35. The van der Waals surface area contributed by atoms with Crippen LogP contribution in [0.3, 0.4) is 0 Å². The van der Waals surface area contributed by atoms with Crippen LogP contribution in [0.1, 0.15) is 20.3 Å². The van der Waals surface area contributed by atoms with Crippen LogP contribution < -0.4 is 0 Å². The molecule has 1 N–H and O–H groups in total. The van der Waals surface area contributed by atoms with Gasteiger partial charge in [0.15, 0.2) is 0 Å². The summed E-state index contributed by atoms with van der Waals surface area (Å²) < 4.78 is 23.6. The third-order valence-corrected chi connectivity index (χ3v) is 2.88. The number of carboxylic acids is 1. The zero-order valence-electron chi connectivity index (χ0n) is 8.73. The van der Waals surface area contributed by atoms with E-state index in [9.17, 15) is 13.2 Å². The van der Waals surface area contributed by atoms with Gasteiger partial charge in [0.05, 0.1) is 12.7 Å². The summed E-state index contributed by atoms with van der Waals surface area (Å²) in [4.78, 5) is 10.3. The fraction of sp³-hybridized carbons (Fsp3) is 0.875. The van der Waals surface area contributed by atoms with Gasteiger partial charge in [-0.25, -0.2) is 12.7 Å². The topological polar surface area (TPSA) is 74.7 Å². The van der Waals surface area contributed by atoms with Crippen LogP contribution in [-0.4, -0.2) is 43.1 Å². The van der Waals surface area contributed by atoms with Crippen molar-refractivity contribution in [3.63, 3.8) is 0 Å². The summed E-state index contributed by atoms with van der Waals surface area (Å²) in [6, 6.07) is 0. The highest BCUT2D eigenvalue weighted by Crippen LogP contribution is 2.04. The molecule has 0 saturated carbocycles. The molecule has 0 saturated heterocycles. The monoisotopic (exact) mass is 223 g/mol. The quantitative estimate of drug-likeness (QED) is 0.706. The van der Waals surface area contributed by atoms with Crippen LogP contribution in [0.2, 0.25) is 0 Å². The van der Waals surface area contributed by atoms with Gasteiger partial charge in [0.1, 0.15) is 0 Å². The number of hydrogen-bond acceptors (Lipinski definition) is 3. The van der Waals surface area contributed by atoms with E-state index in [1.54, 1.807) is 0 Å². The number of nitrogens with zero attached hydrogens (tertiary/aromatic N) is 1. The van der Waals surface area contributed by atoms with Crippen LogP contribution in [-0.2, 0) is 14.8 Å². The lowest BCUT2D eigenvalue weighted by atomic mass is 10.2. The molecule has 0 aromatic rings. The van der Waals surface area contributed by atoms with Gasteiger partial charge in [-0.1, -0.05) is 13.8 Å². The molecule has 0 aliphatic rings. The van der Waals surface area contributed by atoms with Gasteiger partial charge in [0.2, 0.25) is 10.0 Å². The molecule has 0 atom stereocenters. The molecule has 0 unspecified atom stereocenters. The van der Waals surface area contributed by atoms with Crippen molar-refractivity contribution in [3.05, 3.63) is 0 Å². The van der Waals surface area contributed by atoms with Crippen LogP contribution in [0.25, 0.3) is 0 Å². The summed E-state index contributed by atoms with van der Waals surface area (Å²) in [6.45, 7) is 4.19. The highest BCUT2D eigenvalue weighted by molar-refractivity contribution is 7.88. The fourth-order valence-corrected chi connectivity index (χ4v) is 2.01. The number of rotatable bonds is 6. The minimum atomic E-state index is -3.29. The van der Waals surface area contributed by atoms with Crippen molar-refractivity contribution in [2.24, 2.45) is 5.92 Å². The number of hydrogen-bond donors (Lipinski definition) is 1. The maximum Gasteiger partial charge on any atom is 0.304 e. The number of aliphatic carboxylic acids is 1. The predicted octanol–water partition coefficient (Wildman–Crippen LogP) is 0.379. The maximum absolute atomic E-state index is 11.2. The summed E-state index contributed by atoms with van der Waals surface area (Å²) >= 11 is 0. The highest BCUT2D eigenvalue weighted by Gasteiger charge is 2.18. The Morgan fingerprint density at radius 2 is 1.93 bits per heavy atom. The molecule has 0 bridgehead atoms. The van der Waals surface area contributed by atoms with E-state index in [1.165, 1.54) is 4.31 Å². The Bertz CT molecular complexity index is 284. The van der Waals surface area contributed by atoms with E-state index >= 15 is 0 Å². The van der Waals surface area contributed by atoms with Gasteiger partial charge in [0.25, 0.3) is 0 Å². The summed E-state index contributed by atoms with van der Waals surface area (Å²) in [5.41, 5.74) is 0. The van der Waals surface area contributed by atoms with Crippen LogP contribution in [0.4, 0.5) is 0 Å². The minimum Gasteiger partial charge on any atom is -0.481 e. The van der Waals surface area contributed by atoms with E-state index < -0.39 is 16.0 Å². The SMILES string of the molecule is CC(C)CN(CCC(=O)O)S(C)(=O)=O. The van der Waals surface area contributed by atoms with Crippen molar-refractivity contribution in [1.82, 2.24) is 4.31 Å². The van der Waals surface area contributed by atoms with E-state index in [2.05, 4.69) is 0 Å². The molecule has 0 aliphatic heterocycles. The average molecular weight is 223 g/mol. The number of sulfonamides is 1. The van der Waals surface area contributed by atoms with Gasteiger partial charge < -0.3 is 5.11 Å². The molecule has 84 valence electrons. The van der Waals surface area contributed by atoms with Crippen LogP contribution in [0, 0.1) is 5.92 Å². The number of carboxylic acid groups (broad SMARTS) is 1. The molecule has 5 nitrogen and oxygen atoms in total. The van der Waals surface area contributed by atoms with E-state index in [-0.39, 0.29) is 18.9 Å². The van der Waals surface area contributed by atoms with Gasteiger partial charge in [-0.2, -0.15) is 0 Å². The Labute approximate surface area is 84.8 Å². The van der Waals surface area contributed by atoms with Gasteiger partial charge in [0, 0.05) is 13.1 Å². The molecule has 14 heavy (non-hydrogen) atoms. The molecule has 0 rings (SSSR count). The zero-order valence-corrected chi connectivity index (χ0v) is 9.54. The minimum absolute atomic E-state index is 0.0480. The summed E-state index contributed by atoms with van der Waals surface area (Å²) in [7, 11) is -3.29. The standard InChI is InChI=1S/C8H17NO4S/c1-7(2)6-9(14(3,12)13)5-4-8(10)11/h7H,4-6H2,1-3H3,(H,10,11). The van der Waals surface area contributed by atoms with Gasteiger partial charge in [-0.3, -0.25) is 4.79 Å². The Kier molecular flexibility index (Phi) is 5.07. The predicted molar refractivity (Wildman–Crippen MR) is 53.5 cm³/mol. The molecule has 0 amide bonds. The van der Waals surface area contributed by atoms with Crippen LogP contribution in [0.15, 0.2) is 0 Å². The Hall–Kier alpha value is -0.620. The Balaban J connectivity index is 4.34. The highest BCUT2D eigenvalue weighted by atomic mass is 32.2. The van der Waals surface area contributed by atoms with E-state index in [0.29, 0.717) is 6.54 Å². The Morgan fingerprint density at radius 1 is 1.43 bits per heavy atom. The largest absolute Gasteiger partial charge is 0.481 e. The van der Waals surface area contributed by atoms with Crippen molar-refractivity contribution in [1.29, 1.82) is 0 Å². The Morgan fingerprint density at radius 3 is 2.21 bits per heavy atom. The first kappa shape index (κ1) is 13.4. The van der Waals surface area contributed by atoms with Gasteiger partial charge in [-0.15, -0.1) is 0 Å². The summed E-state index contributed by atoms with van der Waals surface area (Å²) in [5.74, 6) is -0.791. The van der Waals surface area contributed by atoms with E-state index in [1.807, 2.05) is 13.8 Å². The van der Waals surface area contributed by atoms with Crippen molar-refractivity contribution >= 4 is 16.0 Å². The first-order chi connectivity index (χ1) is 6.23. The normalized spacial score (nSPS) is 12.4. The summed E-state index contributed by atoms with van der Waals surface area (Å²) in [5, 5.41) is 8.44. The summed E-state index contributed by atoms with van der Waals surface area (Å²) in [6.07, 6.45) is 0.941. The second-order valence-electron chi connectivity index (χ2n) is 3.66. The van der Waals surface area contributed by atoms with Crippen molar-refractivity contribution in [2.75, 3.05) is 19.3 Å². The van der Waals surface area contributed by atoms with Crippen LogP contribution in [0.5, 0.6) is 0 Å². The zero-order chi connectivity index (χ0) is 11.4. The lowest BCUT2D eigenvalue weighted by Gasteiger charge is -2.20. The molecule has 0 aliphatic carbocycles. The van der Waals surface area contributed by atoms with Gasteiger partial charge in [-0.05, 0) is 5.92 Å². The van der Waals surface area contributed by atoms with E-state index in [4.69, 9.17) is 5.11 Å². The molecule has 0 radical (unpaired) electrons. The lowest BCUT2D eigenvalue weighted by molar-refractivity contribution is -0.137. The first-order valence-corrected chi connectivity index (χ1v) is 6.25. The molecule has 0 fully saturated rings. The van der Waals surface area contributed by atoms with Gasteiger partial charge >= 0.3 is 5.97 Å². The molecule has 0 aromatic heterocycles. The first-order valence-electron chi connectivity index (χ1n) is 4.40. The van der Waals surface area contributed by atoms with E-state index in [0.717, 1.165) is 6.26 Å².